The molecule has 1 atom stereocenters. The molecule has 0 N–H and O–H groups in total. The van der Waals surface area contributed by atoms with E-state index in [4.69, 9.17) is 0 Å². The largest absolute Gasteiger partial charge is 0.415 e. The summed E-state index contributed by atoms with van der Waals surface area (Å²) in [7, 11) is 0. The van der Waals surface area contributed by atoms with Gasteiger partial charge in [-0.1, -0.05) is 22.6 Å². The van der Waals surface area contributed by atoms with Crippen LogP contribution in [-0.2, 0) is 4.74 Å². The molecule has 0 saturated carbocycles. The summed E-state index contributed by atoms with van der Waals surface area (Å²) in [4.78, 5) is 1.79. The lowest BCUT2D eigenvalue weighted by atomic mass is 10.2. The summed E-state index contributed by atoms with van der Waals surface area (Å²) in [6.07, 6.45) is -5.81. The molecule has 0 aliphatic carbocycles. The van der Waals surface area contributed by atoms with Crippen molar-refractivity contribution in [2.45, 2.75) is 12.3 Å². The molecular formula is C7H11F3INO. The highest BCUT2D eigenvalue weighted by Crippen LogP contribution is 2.25. The van der Waals surface area contributed by atoms with Crippen LogP contribution < -0.4 is 0 Å². The Morgan fingerprint density at radius 2 is 2.15 bits per heavy atom. The lowest BCUT2D eigenvalue weighted by Gasteiger charge is -2.33. The van der Waals surface area contributed by atoms with E-state index in [0.29, 0.717) is 13.1 Å². The van der Waals surface area contributed by atoms with E-state index in [2.05, 4.69) is 27.3 Å². The van der Waals surface area contributed by atoms with Gasteiger partial charge in [-0.3, -0.25) is 4.90 Å². The number of ether oxygens (including phenoxy) is 1. The molecule has 0 aromatic heterocycles. The number of morpholine rings is 1. The van der Waals surface area contributed by atoms with Gasteiger partial charge in [0.05, 0.1) is 6.61 Å². The van der Waals surface area contributed by atoms with E-state index in [0.717, 1.165) is 4.43 Å². The molecule has 1 unspecified atom stereocenters. The molecule has 13 heavy (non-hydrogen) atoms. The summed E-state index contributed by atoms with van der Waals surface area (Å²) >= 11 is 2.15. The molecular weight excluding hydrogens is 298 g/mol. The molecule has 2 nitrogen and oxygen atoms in total. The minimum absolute atomic E-state index is 0.0213. The second-order valence-electron chi connectivity index (χ2n) is 2.89. The third-order valence-electron chi connectivity index (χ3n) is 1.92. The Bertz CT molecular complexity index is 162. The van der Waals surface area contributed by atoms with E-state index in [-0.39, 0.29) is 13.2 Å². The van der Waals surface area contributed by atoms with Crippen LogP contribution in [0.25, 0.3) is 0 Å². The number of nitrogens with zero attached hydrogens (tertiary/aromatic N) is 1. The molecule has 0 amide bonds. The predicted octanol–water partition coefficient (Wildman–Crippen LogP) is 1.68. The zero-order valence-corrected chi connectivity index (χ0v) is 9.14. The maximum Gasteiger partial charge on any atom is 0.415 e. The third kappa shape index (κ3) is 3.59. The topological polar surface area (TPSA) is 12.5 Å². The van der Waals surface area contributed by atoms with Crippen LogP contribution >= 0.6 is 22.6 Å². The molecule has 1 aliphatic heterocycles. The highest BCUT2D eigenvalue weighted by atomic mass is 127. The molecule has 1 aliphatic rings. The van der Waals surface area contributed by atoms with Crippen LogP contribution in [0, 0.1) is 0 Å². The molecule has 78 valence electrons. The Labute approximate surface area is 88.6 Å². The van der Waals surface area contributed by atoms with Crippen molar-refractivity contribution in [3.05, 3.63) is 0 Å². The van der Waals surface area contributed by atoms with Crippen molar-refractivity contribution in [3.8, 4) is 0 Å². The van der Waals surface area contributed by atoms with Crippen LogP contribution in [-0.4, -0.2) is 47.8 Å². The molecule has 6 heteroatoms. The van der Waals surface area contributed by atoms with Gasteiger partial charge in [-0.05, 0) is 0 Å². The zero-order chi connectivity index (χ0) is 9.90. The Balaban J connectivity index is 2.42. The average molecular weight is 309 g/mol. The summed E-state index contributed by atoms with van der Waals surface area (Å²) < 4.78 is 42.1. The quantitative estimate of drug-likeness (QED) is 0.568. The first-order valence-electron chi connectivity index (χ1n) is 4.00. The fraction of sp³-hybridized carbons (Fsp3) is 1.00. The van der Waals surface area contributed by atoms with Gasteiger partial charge in [0.15, 0.2) is 6.10 Å². The standard InChI is InChI=1S/C7H11F3INO/c8-7(9,10)6-5-12(2-1-11)3-4-13-6/h6H,1-5H2. The number of alkyl halides is 4. The first-order chi connectivity index (χ1) is 6.04. The van der Waals surface area contributed by atoms with Crippen molar-refractivity contribution in [1.29, 1.82) is 0 Å². The monoisotopic (exact) mass is 309 g/mol. The van der Waals surface area contributed by atoms with Crippen molar-refractivity contribution in [2.75, 3.05) is 30.7 Å². The fourth-order valence-corrected chi connectivity index (χ4v) is 1.91. The lowest BCUT2D eigenvalue weighted by molar-refractivity contribution is -0.236. The highest BCUT2D eigenvalue weighted by molar-refractivity contribution is 14.1. The first kappa shape index (κ1) is 11.5. The van der Waals surface area contributed by atoms with Gasteiger partial charge in [0.25, 0.3) is 0 Å². The van der Waals surface area contributed by atoms with E-state index in [1.54, 1.807) is 4.90 Å². The minimum Gasteiger partial charge on any atom is -0.366 e. The lowest BCUT2D eigenvalue weighted by Crippen LogP contribution is -2.49. The second-order valence-corrected chi connectivity index (χ2v) is 3.97. The molecule has 1 rings (SSSR count). The number of rotatable bonds is 2. The average Bonchev–Trinajstić information content (AvgIpc) is 2.04. The number of hydrogen-bond acceptors (Lipinski definition) is 2. The van der Waals surface area contributed by atoms with Gasteiger partial charge in [0.1, 0.15) is 0 Å². The molecule has 1 saturated heterocycles. The van der Waals surface area contributed by atoms with Crippen LogP contribution in [0.4, 0.5) is 13.2 Å². The van der Waals surface area contributed by atoms with Crippen molar-refractivity contribution in [1.82, 2.24) is 4.90 Å². The van der Waals surface area contributed by atoms with Crippen molar-refractivity contribution >= 4 is 22.6 Å². The van der Waals surface area contributed by atoms with Gasteiger partial charge < -0.3 is 4.74 Å². The van der Waals surface area contributed by atoms with Gasteiger partial charge in [-0.25, -0.2) is 0 Å². The van der Waals surface area contributed by atoms with Gasteiger partial charge >= 0.3 is 6.18 Å². The van der Waals surface area contributed by atoms with E-state index < -0.39 is 12.3 Å². The second kappa shape index (κ2) is 4.79. The molecule has 0 radical (unpaired) electrons. The van der Waals surface area contributed by atoms with Crippen molar-refractivity contribution in [2.24, 2.45) is 0 Å². The van der Waals surface area contributed by atoms with Gasteiger partial charge in [-0.2, -0.15) is 13.2 Å². The summed E-state index contributed by atoms with van der Waals surface area (Å²) in [5.74, 6) is 0. The maximum atomic E-state index is 12.2. The summed E-state index contributed by atoms with van der Waals surface area (Å²) in [5, 5.41) is 0. The van der Waals surface area contributed by atoms with Crippen LogP contribution in [0.3, 0.4) is 0 Å². The highest BCUT2D eigenvalue weighted by Gasteiger charge is 2.43. The summed E-state index contributed by atoms with van der Waals surface area (Å²) in [6.45, 7) is 1.47. The van der Waals surface area contributed by atoms with Crippen LogP contribution in [0.5, 0.6) is 0 Å². The minimum atomic E-state index is -4.22. The SMILES string of the molecule is FC(F)(F)C1CN(CCI)CCO1. The van der Waals surface area contributed by atoms with E-state index in [1.165, 1.54) is 0 Å². The summed E-state index contributed by atoms with van der Waals surface area (Å²) in [5.41, 5.74) is 0. The summed E-state index contributed by atoms with van der Waals surface area (Å²) in [6, 6.07) is 0. The van der Waals surface area contributed by atoms with E-state index >= 15 is 0 Å². The normalized spacial score (nSPS) is 26.3. The Morgan fingerprint density at radius 1 is 1.46 bits per heavy atom. The Morgan fingerprint density at radius 3 is 2.69 bits per heavy atom. The fourth-order valence-electron chi connectivity index (χ4n) is 1.22. The molecule has 0 bridgehead atoms. The number of halogens is 4. The van der Waals surface area contributed by atoms with Crippen molar-refractivity contribution in [3.63, 3.8) is 0 Å². The van der Waals surface area contributed by atoms with Crippen LogP contribution in [0.15, 0.2) is 0 Å². The predicted molar refractivity (Wildman–Crippen MR) is 51.1 cm³/mol. The molecule has 1 heterocycles. The molecule has 0 aromatic rings. The van der Waals surface area contributed by atoms with Crippen LogP contribution in [0.2, 0.25) is 0 Å². The molecule has 1 fully saturated rings. The first-order valence-corrected chi connectivity index (χ1v) is 5.53. The molecule has 0 aromatic carbocycles. The van der Waals surface area contributed by atoms with Crippen LogP contribution in [0.1, 0.15) is 0 Å². The Kier molecular flexibility index (Phi) is 4.24. The van der Waals surface area contributed by atoms with E-state index in [1.807, 2.05) is 0 Å². The third-order valence-corrected chi connectivity index (χ3v) is 2.40. The van der Waals surface area contributed by atoms with Gasteiger partial charge in [0.2, 0.25) is 0 Å². The molecule has 0 spiro atoms. The van der Waals surface area contributed by atoms with Crippen molar-refractivity contribution < 1.29 is 17.9 Å². The van der Waals surface area contributed by atoms with Gasteiger partial charge in [0, 0.05) is 24.1 Å². The maximum absolute atomic E-state index is 12.2. The van der Waals surface area contributed by atoms with E-state index in [9.17, 15) is 13.2 Å². The smallest absolute Gasteiger partial charge is 0.366 e. The number of hydrogen-bond donors (Lipinski definition) is 0. The Hall–Kier alpha value is 0.440. The zero-order valence-electron chi connectivity index (χ0n) is 6.98. The van der Waals surface area contributed by atoms with Gasteiger partial charge in [-0.15, -0.1) is 0 Å².